The first-order chi connectivity index (χ1) is 15.5. The van der Waals surface area contributed by atoms with Crippen LogP contribution in [0.3, 0.4) is 0 Å². The van der Waals surface area contributed by atoms with Crippen molar-refractivity contribution in [1.82, 2.24) is 9.88 Å². The summed E-state index contributed by atoms with van der Waals surface area (Å²) in [6.45, 7) is 1.85. The average molecular weight is 449 g/mol. The first kappa shape index (κ1) is 21.4. The van der Waals surface area contributed by atoms with Gasteiger partial charge in [-0.05, 0) is 42.8 Å². The maximum atomic E-state index is 12.7. The quantitative estimate of drug-likeness (QED) is 0.438. The number of ether oxygens (including phenoxy) is 1. The van der Waals surface area contributed by atoms with E-state index in [4.69, 9.17) is 4.74 Å². The van der Waals surface area contributed by atoms with Crippen LogP contribution in [-0.2, 0) is 22.5 Å². The molecule has 0 fully saturated rings. The number of anilines is 1. The molecule has 0 spiro atoms. The molecule has 3 amide bonds. The van der Waals surface area contributed by atoms with Gasteiger partial charge in [-0.2, -0.15) is 0 Å². The number of amides is 3. The highest BCUT2D eigenvalue weighted by Gasteiger charge is 2.35. The molecule has 3 aromatic rings. The van der Waals surface area contributed by atoms with Crippen LogP contribution >= 0.6 is 11.3 Å². The minimum Gasteiger partial charge on any atom is -0.462 e. The number of imide groups is 1. The fourth-order valence-electron chi connectivity index (χ4n) is 3.37. The summed E-state index contributed by atoms with van der Waals surface area (Å²) in [6, 6.07) is 11.6. The van der Waals surface area contributed by atoms with E-state index in [1.807, 2.05) is 0 Å². The summed E-state index contributed by atoms with van der Waals surface area (Å²) in [7, 11) is 0. The van der Waals surface area contributed by atoms with E-state index < -0.39 is 5.97 Å². The Bertz CT molecular complexity index is 1170. The number of pyridine rings is 1. The Kier molecular flexibility index (Phi) is 6.09. The standard InChI is InChI=1S/C23H19N3O5S/c1-2-31-23(30)18-12-15(13-26-21(28)16-5-3-4-6-17(16)22(26)29)32-20(18)25-19(27)11-14-7-9-24-10-8-14/h3-10,12H,2,11,13H2,1H3,(H,25,27). The van der Waals surface area contributed by atoms with Crippen LogP contribution in [0.5, 0.6) is 0 Å². The molecule has 0 saturated heterocycles. The molecule has 0 bridgehead atoms. The molecule has 8 nitrogen and oxygen atoms in total. The second-order valence-electron chi connectivity index (χ2n) is 7.00. The molecule has 9 heteroatoms. The van der Waals surface area contributed by atoms with Crippen molar-refractivity contribution in [2.75, 3.05) is 11.9 Å². The Morgan fingerprint density at radius 3 is 2.34 bits per heavy atom. The molecule has 2 aromatic heterocycles. The second kappa shape index (κ2) is 9.11. The van der Waals surface area contributed by atoms with Crippen LogP contribution in [0.25, 0.3) is 0 Å². The smallest absolute Gasteiger partial charge is 0.341 e. The summed E-state index contributed by atoms with van der Waals surface area (Å²) >= 11 is 1.13. The Labute approximate surface area is 187 Å². The number of hydrogen-bond acceptors (Lipinski definition) is 7. The van der Waals surface area contributed by atoms with Crippen LogP contribution in [0, 0.1) is 0 Å². The minimum absolute atomic E-state index is 0.0103. The number of esters is 1. The van der Waals surface area contributed by atoms with Gasteiger partial charge in [0.1, 0.15) is 5.00 Å². The van der Waals surface area contributed by atoms with Crippen molar-refractivity contribution >= 4 is 40.0 Å². The fourth-order valence-corrected chi connectivity index (χ4v) is 4.42. The van der Waals surface area contributed by atoms with E-state index in [0.29, 0.717) is 21.0 Å². The molecule has 0 saturated carbocycles. The van der Waals surface area contributed by atoms with E-state index in [-0.39, 0.29) is 42.9 Å². The van der Waals surface area contributed by atoms with Crippen molar-refractivity contribution in [3.63, 3.8) is 0 Å². The van der Waals surface area contributed by atoms with Gasteiger partial charge in [-0.1, -0.05) is 12.1 Å². The summed E-state index contributed by atoms with van der Waals surface area (Å²) in [6.07, 6.45) is 3.30. The summed E-state index contributed by atoms with van der Waals surface area (Å²) in [5.74, 6) is -1.67. The first-order valence-corrected chi connectivity index (χ1v) is 10.7. The zero-order chi connectivity index (χ0) is 22.7. The van der Waals surface area contributed by atoms with Gasteiger partial charge < -0.3 is 10.1 Å². The molecule has 32 heavy (non-hydrogen) atoms. The van der Waals surface area contributed by atoms with Gasteiger partial charge in [0.15, 0.2) is 0 Å². The van der Waals surface area contributed by atoms with Gasteiger partial charge in [-0.25, -0.2) is 4.79 Å². The summed E-state index contributed by atoms with van der Waals surface area (Å²) in [4.78, 5) is 55.9. The lowest BCUT2D eigenvalue weighted by Crippen LogP contribution is -2.28. The second-order valence-corrected chi connectivity index (χ2v) is 8.14. The number of hydrogen-bond donors (Lipinski definition) is 1. The van der Waals surface area contributed by atoms with E-state index in [2.05, 4.69) is 10.3 Å². The normalized spacial score (nSPS) is 12.6. The molecule has 0 aliphatic carbocycles. The van der Waals surface area contributed by atoms with Crippen molar-refractivity contribution in [3.05, 3.63) is 82.0 Å². The molecule has 3 heterocycles. The van der Waals surface area contributed by atoms with Crippen LogP contribution < -0.4 is 5.32 Å². The molecule has 162 valence electrons. The van der Waals surface area contributed by atoms with Gasteiger partial charge in [0.2, 0.25) is 5.91 Å². The first-order valence-electron chi connectivity index (χ1n) is 9.91. The van der Waals surface area contributed by atoms with Crippen LogP contribution in [0.15, 0.2) is 54.9 Å². The molecule has 4 rings (SSSR count). The highest BCUT2D eigenvalue weighted by atomic mass is 32.1. The Morgan fingerprint density at radius 2 is 1.72 bits per heavy atom. The number of fused-ring (bicyclic) bond motifs is 1. The predicted molar refractivity (Wildman–Crippen MR) is 117 cm³/mol. The number of thiophene rings is 1. The van der Waals surface area contributed by atoms with E-state index in [9.17, 15) is 19.2 Å². The number of carbonyl (C=O) groups excluding carboxylic acids is 4. The highest BCUT2D eigenvalue weighted by Crippen LogP contribution is 2.32. The number of benzene rings is 1. The zero-order valence-corrected chi connectivity index (χ0v) is 18.0. The summed E-state index contributed by atoms with van der Waals surface area (Å²) in [5.41, 5.74) is 1.67. The van der Waals surface area contributed by atoms with E-state index >= 15 is 0 Å². The van der Waals surface area contributed by atoms with Crippen molar-refractivity contribution in [1.29, 1.82) is 0 Å². The lowest BCUT2D eigenvalue weighted by atomic mass is 10.1. The molecule has 0 unspecified atom stereocenters. The Morgan fingerprint density at radius 1 is 1.06 bits per heavy atom. The van der Waals surface area contributed by atoms with Gasteiger partial charge in [0.25, 0.3) is 11.8 Å². The van der Waals surface area contributed by atoms with E-state index in [1.165, 1.54) is 0 Å². The largest absolute Gasteiger partial charge is 0.462 e. The number of aromatic nitrogens is 1. The third-order valence-electron chi connectivity index (χ3n) is 4.84. The fraction of sp³-hybridized carbons (Fsp3) is 0.174. The lowest BCUT2D eigenvalue weighted by molar-refractivity contribution is -0.115. The minimum atomic E-state index is -0.587. The predicted octanol–water partition coefficient (Wildman–Crippen LogP) is 3.30. The molecule has 1 aliphatic heterocycles. The number of nitrogens with one attached hydrogen (secondary N) is 1. The maximum absolute atomic E-state index is 12.7. The van der Waals surface area contributed by atoms with Gasteiger partial charge in [0, 0.05) is 17.3 Å². The summed E-state index contributed by atoms with van der Waals surface area (Å²) < 4.78 is 5.11. The lowest BCUT2D eigenvalue weighted by Gasteiger charge is -2.12. The Hall–Kier alpha value is -3.85. The van der Waals surface area contributed by atoms with Gasteiger partial charge in [-0.15, -0.1) is 11.3 Å². The number of carbonyl (C=O) groups is 4. The van der Waals surface area contributed by atoms with Crippen LogP contribution in [-0.4, -0.2) is 40.2 Å². The monoisotopic (exact) mass is 449 g/mol. The number of nitrogens with zero attached hydrogens (tertiary/aromatic N) is 2. The van der Waals surface area contributed by atoms with Crippen molar-refractivity contribution in [2.24, 2.45) is 0 Å². The van der Waals surface area contributed by atoms with Gasteiger partial charge in [0.05, 0.1) is 36.3 Å². The molecule has 1 aromatic carbocycles. The van der Waals surface area contributed by atoms with Crippen molar-refractivity contribution < 1.29 is 23.9 Å². The summed E-state index contributed by atoms with van der Waals surface area (Å²) in [5, 5.41) is 3.07. The average Bonchev–Trinajstić information content (AvgIpc) is 3.29. The van der Waals surface area contributed by atoms with Crippen LogP contribution in [0.2, 0.25) is 0 Å². The maximum Gasteiger partial charge on any atom is 0.341 e. The highest BCUT2D eigenvalue weighted by molar-refractivity contribution is 7.16. The molecule has 0 atom stereocenters. The SMILES string of the molecule is CCOC(=O)c1cc(CN2C(=O)c3ccccc3C2=O)sc1NC(=O)Cc1ccncc1. The molecular formula is C23H19N3O5S. The third kappa shape index (κ3) is 4.28. The molecular weight excluding hydrogens is 430 g/mol. The van der Waals surface area contributed by atoms with Crippen LogP contribution in [0.4, 0.5) is 5.00 Å². The van der Waals surface area contributed by atoms with Gasteiger partial charge >= 0.3 is 5.97 Å². The Balaban J connectivity index is 1.56. The molecule has 0 radical (unpaired) electrons. The van der Waals surface area contributed by atoms with Crippen molar-refractivity contribution in [3.8, 4) is 0 Å². The zero-order valence-electron chi connectivity index (χ0n) is 17.2. The van der Waals surface area contributed by atoms with Crippen molar-refractivity contribution in [2.45, 2.75) is 19.9 Å². The van der Waals surface area contributed by atoms with E-state index in [0.717, 1.165) is 21.8 Å². The topological polar surface area (TPSA) is 106 Å². The molecule has 1 N–H and O–H groups in total. The van der Waals surface area contributed by atoms with Gasteiger partial charge in [-0.3, -0.25) is 24.3 Å². The third-order valence-corrected chi connectivity index (χ3v) is 5.87. The molecule has 1 aliphatic rings. The number of rotatable bonds is 7. The van der Waals surface area contributed by atoms with E-state index in [1.54, 1.807) is 61.8 Å². The van der Waals surface area contributed by atoms with Crippen LogP contribution in [0.1, 0.15) is 48.4 Å².